The van der Waals surface area contributed by atoms with Crippen LogP contribution in [-0.4, -0.2) is 47.6 Å². The number of nitrogens with one attached hydrogen (secondary N) is 1. The number of benzene rings is 1. The van der Waals surface area contributed by atoms with Gasteiger partial charge in [0.15, 0.2) is 23.8 Å². The molecule has 2 aliphatic rings. The van der Waals surface area contributed by atoms with Crippen molar-refractivity contribution in [3.05, 3.63) is 36.0 Å². The van der Waals surface area contributed by atoms with Crippen molar-refractivity contribution in [2.24, 2.45) is 0 Å². The first-order valence-electron chi connectivity index (χ1n) is 8.62. The molecule has 27 heavy (non-hydrogen) atoms. The number of nitrogens with zero attached hydrogens (tertiary/aromatic N) is 2. The van der Waals surface area contributed by atoms with Crippen LogP contribution in [0.1, 0.15) is 29.7 Å². The monoisotopic (exact) mass is 373 g/mol. The fourth-order valence-electron chi connectivity index (χ4n) is 3.10. The van der Waals surface area contributed by atoms with Crippen molar-refractivity contribution in [2.45, 2.75) is 26.0 Å². The SMILES string of the molecule is CC(=O)N[C@H]1CCN(C(=O)c2coc(COc3ccc4c(c3)OCO4)n2)C1. The second kappa shape index (κ2) is 7.18. The summed E-state index contributed by atoms with van der Waals surface area (Å²) in [6.07, 6.45) is 2.05. The maximum absolute atomic E-state index is 12.5. The van der Waals surface area contributed by atoms with E-state index in [1.54, 1.807) is 23.1 Å². The first kappa shape index (κ1) is 17.2. The summed E-state index contributed by atoms with van der Waals surface area (Å²) in [5.41, 5.74) is 0.225. The quantitative estimate of drug-likeness (QED) is 0.843. The molecular weight excluding hydrogens is 354 g/mol. The Morgan fingerprint density at radius 2 is 2.19 bits per heavy atom. The summed E-state index contributed by atoms with van der Waals surface area (Å²) in [7, 11) is 0. The highest BCUT2D eigenvalue weighted by molar-refractivity contribution is 5.92. The van der Waals surface area contributed by atoms with Crippen molar-refractivity contribution in [1.82, 2.24) is 15.2 Å². The average molecular weight is 373 g/mol. The van der Waals surface area contributed by atoms with Gasteiger partial charge >= 0.3 is 0 Å². The molecule has 2 aliphatic heterocycles. The number of fused-ring (bicyclic) bond motifs is 1. The standard InChI is InChI=1S/C18H19N3O6/c1-11(22)19-12-4-5-21(7-12)18(23)14-8-25-17(20-14)9-24-13-2-3-15-16(6-13)27-10-26-15/h2-3,6,8,12H,4-5,7,9-10H2,1H3,(H,19,22)/t12-/m0/s1. The van der Waals surface area contributed by atoms with E-state index in [0.717, 1.165) is 6.42 Å². The summed E-state index contributed by atoms with van der Waals surface area (Å²) in [6, 6.07) is 5.23. The topological polar surface area (TPSA) is 103 Å². The second-order valence-corrected chi connectivity index (χ2v) is 6.37. The molecule has 0 saturated carbocycles. The number of rotatable bonds is 5. The van der Waals surface area contributed by atoms with Crippen molar-refractivity contribution in [3.8, 4) is 17.2 Å². The Bertz CT molecular complexity index is 865. The van der Waals surface area contributed by atoms with Crippen molar-refractivity contribution in [2.75, 3.05) is 19.9 Å². The van der Waals surface area contributed by atoms with E-state index in [0.29, 0.717) is 36.2 Å². The molecule has 0 unspecified atom stereocenters. The molecule has 0 aliphatic carbocycles. The van der Waals surface area contributed by atoms with Crippen LogP contribution in [0.4, 0.5) is 0 Å². The molecule has 0 bridgehead atoms. The fourth-order valence-corrected chi connectivity index (χ4v) is 3.10. The van der Waals surface area contributed by atoms with Crippen LogP contribution in [0.2, 0.25) is 0 Å². The molecule has 1 fully saturated rings. The first-order valence-corrected chi connectivity index (χ1v) is 8.62. The van der Waals surface area contributed by atoms with Crippen LogP contribution in [0.3, 0.4) is 0 Å². The van der Waals surface area contributed by atoms with Gasteiger partial charge in [-0.3, -0.25) is 9.59 Å². The molecule has 1 N–H and O–H groups in total. The molecule has 0 spiro atoms. The molecule has 2 aromatic rings. The number of oxazole rings is 1. The van der Waals surface area contributed by atoms with E-state index in [1.165, 1.54) is 13.2 Å². The van der Waals surface area contributed by atoms with Gasteiger partial charge in [-0.15, -0.1) is 0 Å². The van der Waals surface area contributed by atoms with Gasteiger partial charge in [-0.25, -0.2) is 4.98 Å². The normalized spacial score (nSPS) is 17.8. The zero-order chi connectivity index (χ0) is 18.8. The van der Waals surface area contributed by atoms with E-state index >= 15 is 0 Å². The van der Waals surface area contributed by atoms with Crippen molar-refractivity contribution >= 4 is 11.8 Å². The number of carbonyl (C=O) groups is 2. The number of aromatic nitrogens is 1. The molecule has 1 atom stereocenters. The zero-order valence-electron chi connectivity index (χ0n) is 14.8. The Morgan fingerprint density at radius 1 is 1.33 bits per heavy atom. The Hall–Kier alpha value is -3.23. The summed E-state index contributed by atoms with van der Waals surface area (Å²) in [5, 5.41) is 2.82. The number of hydrogen-bond donors (Lipinski definition) is 1. The molecule has 2 amide bonds. The minimum Gasteiger partial charge on any atom is -0.484 e. The molecule has 4 rings (SSSR count). The van der Waals surface area contributed by atoms with E-state index in [1.807, 2.05) is 0 Å². The molecule has 9 nitrogen and oxygen atoms in total. The highest BCUT2D eigenvalue weighted by atomic mass is 16.7. The summed E-state index contributed by atoms with van der Waals surface area (Å²) in [5.74, 6) is 1.87. The smallest absolute Gasteiger partial charge is 0.275 e. The Kier molecular flexibility index (Phi) is 4.57. The van der Waals surface area contributed by atoms with Crippen LogP contribution in [0.25, 0.3) is 0 Å². The number of hydrogen-bond acceptors (Lipinski definition) is 7. The summed E-state index contributed by atoms with van der Waals surface area (Å²) in [4.78, 5) is 29.5. The third-order valence-corrected chi connectivity index (χ3v) is 4.36. The molecule has 3 heterocycles. The van der Waals surface area contributed by atoms with Crippen molar-refractivity contribution < 1.29 is 28.2 Å². The van der Waals surface area contributed by atoms with E-state index in [4.69, 9.17) is 18.6 Å². The molecular formula is C18H19N3O6. The molecule has 0 radical (unpaired) electrons. The van der Waals surface area contributed by atoms with Crippen molar-refractivity contribution in [3.63, 3.8) is 0 Å². The van der Waals surface area contributed by atoms with Gasteiger partial charge in [0.05, 0.1) is 0 Å². The Morgan fingerprint density at radius 3 is 3.04 bits per heavy atom. The summed E-state index contributed by atoms with van der Waals surface area (Å²) < 4.78 is 21.5. The minimum absolute atomic E-state index is 0.0211. The van der Waals surface area contributed by atoms with Gasteiger partial charge in [-0.2, -0.15) is 0 Å². The fraction of sp³-hybridized carbons (Fsp3) is 0.389. The van der Waals surface area contributed by atoms with Gasteiger partial charge in [-0.05, 0) is 18.6 Å². The van der Waals surface area contributed by atoms with Gasteiger partial charge in [0.2, 0.25) is 18.6 Å². The van der Waals surface area contributed by atoms with Gasteiger partial charge in [0.25, 0.3) is 5.91 Å². The van der Waals surface area contributed by atoms with Gasteiger partial charge in [0.1, 0.15) is 12.0 Å². The van der Waals surface area contributed by atoms with Crippen LogP contribution in [0.15, 0.2) is 28.9 Å². The first-order chi connectivity index (χ1) is 13.1. The third-order valence-electron chi connectivity index (χ3n) is 4.36. The third kappa shape index (κ3) is 3.81. The van der Waals surface area contributed by atoms with E-state index in [2.05, 4.69) is 10.3 Å². The minimum atomic E-state index is -0.221. The molecule has 1 aromatic carbocycles. The van der Waals surface area contributed by atoms with Crippen molar-refractivity contribution in [1.29, 1.82) is 0 Å². The highest BCUT2D eigenvalue weighted by Crippen LogP contribution is 2.35. The summed E-state index contributed by atoms with van der Waals surface area (Å²) >= 11 is 0. The van der Waals surface area contributed by atoms with E-state index in [9.17, 15) is 9.59 Å². The van der Waals surface area contributed by atoms with Gasteiger partial charge in [0, 0.05) is 32.1 Å². The lowest BCUT2D eigenvalue weighted by Gasteiger charge is -2.15. The van der Waals surface area contributed by atoms with Crippen LogP contribution in [0, 0.1) is 0 Å². The number of likely N-dealkylation sites (tertiary alicyclic amines) is 1. The molecule has 142 valence electrons. The number of amides is 2. The maximum atomic E-state index is 12.5. The Labute approximate surface area is 155 Å². The van der Waals surface area contributed by atoms with Crippen LogP contribution in [-0.2, 0) is 11.4 Å². The second-order valence-electron chi connectivity index (χ2n) is 6.37. The zero-order valence-corrected chi connectivity index (χ0v) is 14.8. The largest absolute Gasteiger partial charge is 0.484 e. The van der Waals surface area contributed by atoms with E-state index in [-0.39, 0.29) is 36.9 Å². The Balaban J connectivity index is 1.33. The lowest BCUT2D eigenvalue weighted by Crippen LogP contribution is -2.37. The van der Waals surface area contributed by atoms with Gasteiger partial charge in [-0.1, -0.05) is 0 Å². The highest BCUT2D eigenvalue weighted by Gasteiger charge is 2.29. The van der Waals surface area contributed by atoms with Crippen LogP contribution < -0.4 is 19.5 Å². The predicted octanol–water partition coefficient (Wildman–Crippen LogP) is 1.33. The summed E-state index contributed by atoms with van der Waals surface area (Å²) in [6.45, 7) is 2.78. The van der Waals surface area contributed by atoms with Crippen LogP contribution >= 0.6 is 0 Å². The van der Waals surface area contributed by atoms with E-state index < -0.39 is 0 Å². The van der Waals surface area contributed by atoms with Crippen LogP contribution in [0.5, 0.6) is 17.2 Å². The van der Waals surface area contributed by atoms with Gasteiger partial charge < -0.3 is 28.8 Å². The number of carbonyl (C=O) groups excluding carboxylic acids is 2. The molecule has 1 aromatic heterocycles. The number of ether oxygens (including phenoxy) is 3. The lowest BCUT2D eigenvalue weighted by atomic mass is 10.2. The lowest BCUT2D eigenvalue weighted by molar-refractivity contribution is -0.119. The average Bonchev–Trinajstić information content (AvgIpc) is 3.38. The maximum Gasteiger partial charge on any atom is 0.275 e. The predicted molar refractivity (Wildman–Crippen MR) is 91.5 cm³/mol. The molecule has 9 heteroatoms. The molecule has 1 saturated heterocycles.